The van der Waals surface area contributed by atoms with E-state index in [1.165, 1.54) is 17.4 Å². The van der Waals surface area contributed by atoms with Crippen LogP contribution in [0.3, 0.4) is 0 Å². The first-order valence-corrected chi connectivity index (χ1v) is 8.98. The van der Waals surface area contributed by atoms with Crippen molar-refractivity contribution in [2.45, 2.75) is 20.3 Å². The molecule has 0 radical (unpaired) electrons. The van der Waals surface area contributed by atoms with E-state index in [9.17, 15) is 9.59 Å². The molecule has 27 heavy (non-hydrogen) atoms. The number of carbonyl (C=O) groups is 2. The van der Waals surface area contributed by atoms with Crippen molar-refractivity contribution in [1.82, 2.24) is 10.4 Å². The molecule has 0 fully saturated rings. The predicted octanol–water partition coefficient (Wildman–Crippen LogP) is 3.49. The predicted molar refractivity (Wildman–Crippen MR) is 102 cm³/mol. The third-order valence-corrected chi connectivity index (χ3v) is 4.70. The molecule has 3 rings (SSSR count). The van der Waals surface area contributed by atoms with Crippen LogP contribution in [0.5, 0.6) is 0 Å². The largest absolute Gasteiger partial charge is 0.475 e. The van der Waals surface area contributed by atoms with Gasteiger partial charge < -0.3 is 9.52 Å². The minimum absolute atomic E-state index is 0.107. The summed E-state index contributed by atoms with van der Waals surface area (Å²) in [5.74, 6) is -0.966. The number of aryl methyl sites for hydroxylation is 1. The van der Waals surface area contributed by atoms with Gasteiger partial charge in [0.15, 0.2) is 0 Å². The summed E-state index contributed by atoms with van der Waals surface area (Å²) >= 11 is 1.45. The Morgan fingerprint density at radius 2 is 1.96 bits per heavy atom. The van der Waals surface area contributed by atoms with Crippen LogP contribution in [-0.2, 0) is 11.2 Å². The van der Waals surface area contributed by atoms with Gasteiger partial charge in [0.1, 0.15) is 10.8 Å². The normalized spacial score (nSPS) is 11.4. The Kier molecular flexibility index (Phi) is 5.46. The summed E-state index contributed by atoms with van der Waals surface area (Å²) in [6.45, 7) is 3.67. The van der Waals surface area contributed by atoms with Crippen molar-refractivity contribution in [3.8, 4) is 11.3 Å². The maximum absolute atomic E-state index is 11.9. The van der Waals surface area contributed by atoms with Crippen LogP contribution >= 0.6 is 11.3 Å². The van der Waals surface area contributed by atoms with E-state index in [1.54, 1.807) is 25.1 Å². The molecule has 2 heterocycles. The lowest BCUT2D eigenvalue weighted by Crippen LogP contribution is -2.21. The van der Waals surface area contributed by atoms with Crippen molar-refractivity contribution in [3.63, 3.8) is 0 Å². The smallest absolute Gasteiger partial charge is 0.371 e. The fourth-order valence-corrected chi connectivity index (χ4v) is 3.13. The Balaban J connectivity index is 1.63. The Morgan fingerprint density at radius 1 is 1.22 bits per heavy atom. The first kappa shape index (κ1) is 18.5. The number of furan rings is 1. The Labute approximate surface area is 159 Å². The highest BCUT2D eigenvalue weighted by molar-refractivity contribution is 7.09. The average Bonchev–Trinajstić information content (AvgIpc) is 3.29. The van der Waals surface area contributed by atoms with Crippen molar-refractivity contribution in [1.29, 1.82) is 0 Å². The lowest BCUT2D eigenvalue weighted by molar-refractivity contribution is -0.120. The first-order valence-electron chi connectivity index (χ1n) is 8.10. The Bertz CT molecular complexity index is 1000. The molecule has 0 spiro atoms. The number of nitrogens with one attached hydrogen (secondary N) is 1. The van der Waals surface area contributed by atoms with E-state index in [2.05, 4.69) is 15.5 Å². The molecule has 0 aliphatic heterocycles. The summed E-state index contributed by atoms with van der Waals surface area (Å²) < 4.78 is 5.28. The minimum Gasteiger partial charge on any atom is -0.475 e. The molecule has 0 unspecified atom stereocenters. The monoisotopic (exact) mass is 383 g/mol. The zero-order valence-corrected chi connectivity index (χ0v) is 15.5. The number of hydrogen-bond acceptors (Lipinski definition) is 6. The zero-order chi connectivity index (χ0) is 19.4. The van der Waals surface area contributed by atoms with E-state index >= 15 is 0 Å². The SMILES string of the molecule is C/C(=N/NC(=O)Cc1nc(C)cs1)c1ccc(-c2ccc(C(=O)O)o2)cc1. The van der Waals surface area contributed by atoms with Gasteiger partial charge in [-0.05, 0) is 31.5 Å². The van der Waals surface area contributed by atoms with Crippen molar-refractivity contribution >= 4 is 28.9 Å². The number of carboxylic acid groups (broad SMARTS) is 1. The number of hydrogen-bond donors (Lipinski definition) is 2. The number of aromatic carboxylic acids is 1. The zero-order valence-electron chi connectivity index (χ0n) is 14.7. The number of carboxylic acids is 1. The van der Waals surface area contributed by atoms with Crippen LogP contribution < -0.4 is 5.43 Å². The van der Waals surface area contributed by atoms with Crippen LogP contribution in [0.4, 0.5) is 0 Å². The number of thiazole rings is 1. The highest BCUT2D eigenvalue weighted by Gasteiger charge is 2.11. The van der Waals surface area contributed by atoms with Crippen LogP contribution in [-0.4, -0.2) is 27.7 Å². The molecule has 0 atom stereocenters. The highest BCUT2D eigenvalue weighted by atomic mass is 32.1. The number of carbonyl (C=O) groups excluding carboxylic acids is 1. The van der Waals surface area contributed by atoms with Crippen molar-refractivity contribution in [2.75, 3.05) is 0 Å². The van der Waals surface area contributed by atoms with Crippen LogP contribution in [0.1, 0.15) is 33.7 Å². The van der Waals surface area contributed by atoms with Crippen LogP contribution in [0, 0.1) is 6.92 Å². The van der Waals surface area contributed by atoms with Gasteiger partial charge in [0.2, 0.25) is 11.7 Å². The Morgan fingerprint density at radius 3 is 2.56 bits per heavy atom. The maximum Gasteiger partial charge on any atom is 0.371 e. The summed E-state index contributed by atoms with van der Waals surface area (Å²) in [6, 6.07) is 10.3. The third kappa shape index (κ3) is 4.68. The number of rotatable bonds is 6. The molecule has 2 aromatic heterocycles. The summed E-state index contributed by atoms with van der Waals surface area (Å²) in [5, 5.41) is 15.7. The van der Waals surface area contributed by atoms with Crippen molar-refractivity contribution < 1.29 is 19.1 Å². The second-order valence-corrected chi connectivity index (χ2v) is 6.78. The quantitative estimate of drug-likeness (QED) is 0.501. The van der Waals surface area contributed by atoms with Gasteiger partial charge in [-0.3, -0.25) is 4.79 Å². The minimum atomic E-state index is -1.11. The fourth-order valence-electron chi connectivity index (χ4n) is 2.36. The van der Waals surface area contributed by atoms with E-state index in [-0.39, 0.29) is 18.1 Å². The van der Waals surface area contributed by atoms with Gasteiger partial charge in [0.25, 0.3) is 0 Å². The molecule has 1 amide bonds. The van der Waals surface area contributed by atoms with E-state index < -0.39 is 5.97 Å². The first-order chi connectivity index (χ1) is 12.9. The molecule has 0 bridgehead atoms. The van der Waals surface area contributed by atoms with E-state index in [0.29, 0.717) is 11.5 Å². The number of aromatic nitrogens is 1. The van der Waals surface area contributed by atoms with Gasteiger partial charge in [-0.2, -0.15) is 5.10 Å². The number of benzene rings is 1. The summed E-state index contributed by atoms with van der Waals surface area (Å²) in [7, 11) is 0. The van der Waals surface area contributed by atoms with Crippen molar-refractivity contribution in [3.05, 3.63) is 63.8 Å². The number of hydrazone groups is 1. The third-order valence-electron chi connectivity index (χ3n) is 3.73. The summed E-state index contributed by atoms with van der Waals surface area (Å²) in [5.41, 5.74) is 5.66. The molecule has 2 N–H and O–H groups in total. The van der Waals surface area contributed by atoms with E-state index in [0.717, 1.165) is 21.8 Å². The van der Waals surface area contributed by atoms with E-state index in [1.807, 2.05) is 24.4 Å². The van der Waals surface area contributed by atoms with Gasteiger partial charge in [-0.25, -0.2) is 15.2 Å². The molecule has 3 aromatic rings. The average molecular weight is 383 g/mol. The molecule has 7 nitrogen and oxygen atoms in total. The highest BCUT2D eigenvalue weighted by Crippen LogP contribution is 2.22. The standard InChI is InChI=1S/C19H17N3O4S/c1-11-10-27-18(20-11)9-17(23)22-21-12(2)13-3-5-14(6-4-13)15-7-8-16(26-15)19(24)25/h3-8,10H,9H2,1-2H3,(H,22,23)(H,24,25)/b21-12-. The second kappa shape index (κ2) is 7.96. The lowest BCUT2D eigenvalue weighted by Gasteiger charge is -2.03. The van der Waals surface area contributed by atoms with Gasteiger partial charge >= 0.3 is 5.97 Å². The number of nitrogens with zero attached hydrogens (tertiary/aromatic N) is 2. The fraction of sp³-hybridized carbons (Fsp3) is 0.158. The molecule has 0 aliphatic rings. The van der Waals surface area contributed by atoms with Crippen LogP contribution in [0.25, 0.3) is 11.3 Å². The summed E-state index contributed by atoms with van der Waals surface area (Å²) in [6.07, 6.45) is 0.193. The van der Waals surface area contributed by atoms with Gasteiger partial charge in [0.05, 0.1) is 12.1 Å². The topological polar surface area (TPSA) is 105 Å². The van der Waals surface area contributed by atoms with Crippen LogP contribution in [0.2, 0.25) is 0 Å². The molecule has 138 valence electrons. The molecule has 0 aliphatic carbocycles. The maximum atomic E-state index is 11.9. The van der Waals surface area contributed by atoms with Crippen LogP contribution in [0.15, 0.2) is 51.3 Å². The van der Waals surface area contributed by atoms with Gasteiger partial charge in [-0.1, -0.05) is 24.3 Å². The molecule has 0 saturated heterocycles. The number of amides is 1. The molecule has 1 aromatic carbocycles. The van der Waals surface area contributed by atoms with Gasteiger partial charge in [-0.15, -0.1) is 11.3 Å². The molecule has 0 saturated carbocycles. The lowest BCUT2D eigenvalue weighted by atomic mass is 10.1. The molecule has 8 heteroatoms. The summed E-state index contributed by atoms with van der Waals surface area (Å²) in [4.78, 5) is 27.1. The van der Waals surface area contributed by atoms with Gasteiger partial charge in [0, 0.05) is 16.6 Å². The molecular formula is C19H17N3O4S. The van der Waals surface area contributed by atoms with E-state index in [4.69, 9.17) is 9.52 Å². The Hall–Kier alpha value is -3.26. The second-order valence-electron chi connectivity index (χ2n) is 5.84. The van der Waals surface area contributed by atoms with Crippen molar-refractivity contribution in [2.24, 2.45) is 5.10 Å². The molecular weight excluding hydrogens is 366 g/mol.